The highest BCUT2D eigenvalue weighted by Crippen LogP contribution is 2.23. The van der Waals surface area contributed by atoms with E-state index in [0.717, 1.165) is 12.0 Å². The van der Waals surface area contributed by atoms with Crippen molar-refractivity contribution in [1.29, 1.82) is 0 Å². The summed E-state index contributed by atoms with van der Waals surface area (Å²) in [5.41, 5.74) is 2.42. The molecule has 2 N–H and O–H groups in total. The SMILES string of the molecule is COc1ccc(S(=O)(=O)N[C@H]2C=C[C@@H](CC(=O)N3CCc4ccccc4C3)O[C@H]2CO)cc1. The summed E-state index contributed by atoms with van der Waals surface area (Å²) in [5, 5.41) is 9.80. The molecule has 0 radical (unpaired) electrons. The summed E-state index contributed by atoms with van der Waals surface area (Å²) in [4.78, 5) is 14.7. The molecule has 0 saturated carbocycles. The number of hydrogen-bond donors (Lipinski definition) is 2. The molecule has 2 aromatic rings. The quantitative estimate of drug-likeness (QED) is 0.594. The van der Waals surface area contributed by atoms with E-state index >= 15 is 0 Å². The molecule has 1 amide bonds. The van der Waals surface area contributed by atoms with Crippen molar-refractivity contribution in [2.45, 2.75) is 42.5 Å². The number of fused-ring (bicyclic) bond motifs is 1. The van der Waals surface area contributed by atoms with Crippen LogP contribution in [0.25, 0.3) is 0 Å². The normalized spacial score (nSPS) is 22.6. The molecule has 0 fully saturated rings. The summed E-state index contributed by atoms with van der Waals surface area (Å²) < 4.78 is 39.0. The summed E-state index contributed by atoms with van der Waals surface area (Å²) in [5.74, 6) is 0.515. The molecule has 0 aromatic heterocycles. The number of nitrogens with one attached hydrogen (secondary N) is 1. The van der Waals surface area contributed by atoms with E-state index in [1.54, 1.807) is 24.3 Å². The number of hydrogen-bond acceptors (Lipinski definition) is 6. The second-order valence-corrected chi connectivity index (χ2v) is 9.86. The molecule has 4 rings (SSSR count). The lowest BCUT2D eigenvalue weighted by atomic mass is 9.99. The van der Waals surface area contributed by atoms with Gasteiger partial charge in [0.1, 0.15) is 11.9 Å². The minimum atomic E-state index is -3.84. The van der Waals surface area contributed by atoms with Gasteiger partial charge in [-0.2, -0.15) is 0 Å². The average molecular weight is 473 g/mol. The van der Waals surface area contributed by atoms with Gasteiger partial charge in [-0.05, 0) is 41.8 Å². The molecule has 8 nitrogen and oxygen atoms in total. The Labute approximate surface area is 193 Å². The van der Waals surface area contributed by atoms with E-state index in [4.69, 9.17) is 9.47 Å². The molecule has 2 aromatic carbocycles. The predicted molar refractivity (Wildman–Crippen MR) is 122 cm³/mol. The molecule has 0 spiro atoms. The minimum absolute atomic E-state index is 0.0342. The van der Waals surface area contributed by atoms with Crippen LogP contribution in [0.2, 0.25) is 0 Å². The highest BCUT2D eigenvalue weighted by molar-refractivity contribution is 7.89. The number of sulfonamides is 1. The predicted octanol–water partition coefficient (Wildman–Crippen LogP) is 1.63. The first kappa shape index (κ1) is 23.4. The van der Waals surface area contributed by atoms with Gasteiger partial charge in [-0.15, -0.1) is 0 Å². The van der Waals surface area contributed by atoms with E-state index < -0.39 is 28.3 Å². The zero-order valence-corrected chi connectivity index (χ0v) is 19.2. The van der Waals surface area contributed by atoms with E-state index in [1.165, 1.54) is 24.8 Å². The first-order chi connectivity index (χ1) is 15.9. The molecule has 0 bridgehead atoms. The maximum Gasteiger partial charge on any atom is 0.241 e. The number of aliphatic hydroxyl groups excluding tert-OH is 1. The van der Waals surface area contributed by atoms with Crippen molar-refractivity contribution in [2.75, 3.05) is 20.3 Å². The molecule has 2 heterocycles. The zero-order chi connectivity index (χ0) is 23.4. The highest BCUT2D eigenvalue weighted by Gasteiger charge is 2.32. The van der Waals surface area contributed by atoms with Gasteiger partial charge in [0, 0.05) is 13.1 Å². The van der Waals surface area contributed by atoms with Gasteiger partial charge in [0.15, 0.2) is 0 Å². The number of ether oxygens (including phenoxy) is 2. The summed E-state index contributed by atoms with van der Waals surface area (Å²) in [6.45, 7) is 0.834. The van der Waals surface area contributed by atoms with Gasteiger partial charge in [0.25, 0.3) is 0 Å². The smallest absolute Gasteiger partial charge is 0.241 e. The van der Waals surface area contributed by atoms with Gasteiger partial charge in [-0.25, -0.2) is 13.1 Å². The van der Waals surface area contributed by atoms with Gasteiger partial charge in [-0.1, -0.05) is 36.4 Å². The number of methoxy groups -OCH3 is 1. The van der Waals surface area contributed by atoms with Gasteiger partial charge >= 0.3 is 0 Å². The van der Waals surface area contributed by atoms with E-state index in [9.17, 15) is 18.3 Å². The highest BCUT2D eigenvalue weighted by atomic mass is 32.2. The molecule has 3 atom stereocenters. The molecular formula is C24H28N2O6S. The van der Waals surface area contributed by atoms with Crippen LogP contribution in [-0.2, 0) is 32.5 Å². The van der Waals surface area contributed by atoms with Crippen molar-refractivity contribution < 1.29 is 27.8 Å². The average Bonchev–Trinajstić information content (AvgIpc) is 2.84. The maximum absolute atomic E-state index is 12.8. The minimum Gasteiger partial charge on any atom is -0.497 e. The van der Waals surface area contributed by atoms with Gasteiger partial charge in [0.05, 0.1) is 37.2 Å². The van der Waals surface area contributed by atoms with Crippen LogP contribution in [0.3, 0.4) is 0 Å². The van der Waals surface area contributed by atoms with Crippen LogP contribution in [0.5, 0.6) is 5.75 Å². The van der Waals surface area contributed by atoms with Crippen LogP contribution >= 0.6 is 0 Å². The third-order valence-electron chi connectivity index (χ3n) is 5.98. The van der Waals surface area contributed by atoms with Gasteiger partial charge in [0.2, 0.25) is 15.9 Å². The fraction of sp³-hybridized carbons (Fsp3) is 0.375. The lowest BCUT2D eigenvalue weighted by molar-refractivity contribution is -0.136. The summed E-state index contributed by atoms with van der Waals surface area (Å²) in [6.07, 6.45) is 2.94. The van der Waals surface area contributed by atoms with E-state index in [1.807, 2.05) is 23.1 Å². The van der Waals surface area contributed by atoms with E-state index in [2.05, 4.69) is 10.8 Å². The van der Waals surface area contributed by atoms with Crippen LogP contribution in [0.1, 0.15) is 17.5 Å². The summed E-state index contributed by atoms with van der Waals surface area (Å²) in [7, 11) is -2.33. The Morgan fingerprint density at radius 2 is 1.88 bits per heavy atom. The van der Waals surface area contributed by atoms with Crippen molar-refractivity contribution in [3.8, 4) is 5.75 Å². The summed E-state index contributed by atoms with van der Waals surface area (Å²) >= 11 is 0. The topological polar surface area (TPSA) is 105 Å². The lowest BCUT2D eigenvalue weighted by Crippen LogP contribution is -2.49. The molecule has 0 unspecified atom stereocenters. The second kappa shape index (κ2) is 10.0. The van der Waals surface area contributed by atoms with Gasteiger partial charge < -0.3 is 19.5 Å². The van der Waals surface area contributed by atoms with E-state index in [0.29, 0.717) is 18.8 Å². The third kappa shape index (κ3) is 5.44. The molecular weight excluding hydrogens is 444 g/mol. The zero-order valence-electron chi connectivity index (χ0n) is 18.4. The molecule has 9 heteroatoms. The Bertz CT molecular complexity index is 1120. The standard InChI is InChI=1S/C24H28N2O6S/c1-31-19-6-9-21(10-7-19)33(29,30)25-22-11-8-20(32-23(22)16-27)14-24(28)26-13-12-17-4-2-3-5-18(17)15-26/h2-11,20,22-23,25,27H,12-16H2,1H3/t20-,22-,23-/m0/s1. The molecule has 176 valence electrons. The number of benzene rings is 2. The number of nitrogens with zero attached hydrogens (tertiary/aromatic N) is 1. The second-order valence-electron chi connectivity index (χ2n) is 8.14. The molecule has 2 aliphatic heterocycles. The molecule has 0 saturated heterocycles. The van der Waals surface area contributed by atoms with Crippen LogP contribution in [-0.4, -0.2) is 62.8 Å². The number of aliphatic hydroxyl groups is 1. The molecule has 0 aliphatic carbocycles. The van der Waals surface area contributed by atoms with Crippen LogP contribution in [0.15, 0.2) is 65.6 Å². The van der Waals surface area contributed by atoms with Crippen LogP contribution in [0, 0.1) is 0 Å². The van der Waals surface area contributed by atoms with Crippen molar-refractivity contribution in [2.24, 2.45) is 0 Å². The Balaban J connectivity index is 1.39. The first-order valence-electron chi connectivity index (χ1n) is 10.8. The number of rotatable bonds is 7. The van der Waals surface area contributed by atoms with Gasteiger partial charge in [-0.3, -0.25) is 4.79 Å². The molecule has 2 aliphatic rings. The largest absolute Gasteiger partial charge is 0.497 e. The molecule has 33 heavy (non-hydrogen) atoms. The maximum atomic E-state index is 12.8. The van der Waals surface area contributed by atoms with Crippen LogP contribution < -0.4 is 9.46 Å². The monoisotopic (exact) mass is 472 g/mol. The Hall–Kier alpha value is -2.72. The fourth-order valence-corrected chi connectivity index (χ4v) is 5.34. The van der Waals surface area contributed by atoms with Crippen molar-refractivity contribution >= 4 is 15.9 Å². The van der Waals surface area contributed by atoms with Crippen molar-refractivity contribution in [3.05, 3.63) is 71.8 Å². The number of carbonyl (C=O) groups is 1. The van der Waals surface area contributed by atoms with E-state index in [-0.39, 0.29) is 23.8 Å². The summed E-state index contributed by atoms with van der Waals surface area (Å²) in [6, 6.07) is 13.4. The third-order valence-corrected chi connectivity index (χ3v) is 7.46. The first-order valence-corrected chi connectivity index (χ1v) is 12.3. The van der Waals surface area contributed by atoms with Crippen molar-refractivity contribution in [1.82, 2.24) is 9.62 Å². The van der Waals surface area contributed by atoms with Crippen LogP contribution in [0.4, 0.5) is 0 Å². The number of carbonyl (C=O) groups excluding carboxylic acids is 1. The number of amides is 1. The lowest BCUT2D eigenvalue weighted by Gasteiger charge is -2.33. The fourth-order valence-electron chi connectivity index (χ4n) is 4.12. The van der Waals surface area contributed by atoms with Crippen molar-refractivity contribution in [3.63, 3.8) is 0 Å². The Kier molecular flexibility index (Phi) is 7.14. The Morgan fingerprint density at radius 1 is 1.15 bits per heavy atom. The Morgan fingerprint density at radius 3 is 2.58 bits per heavy atom.